The van der Waals surface area contributed by atoms with Crippen molar-refractivity contribution in [1.29, 1.82) is 0 Å². The highest BCUT2D eigenvalue weighted by Gasteiger charge is 2.48. The number of aliphatic hydroxyl groups is 1. The number of benzene rings is 3. The van der Waals surface area contributed by atoms with Crippen molar-refractivity contribution in [1.82, 2.24) is 5.16 Å². The summed E-state index contributed by atoms with van der Waals surface area (Å²) in [4.78, 5) is 27.7. The Bertz CT molecular complexity index is 1450. The van der Waals surface area contributed by atoms with E-state index in [0.29, 0.717) is 22.8 Å². The predicted molar refractivity (Wildman–Crippen MR) is 131 cm³/mol. The van der Waals surface area contributed by atoms with Gasteiger partial charge in [0.2, 0.25) is 0 Å². The monoisotopic (exact) mass is 452 g/mol. The molecule has 1 unspecified atom stereocenters. The van der Waals surface area contributed by atoms with Gasteiger partial charge in [0.05, 0.1) is 11.6 Å². The van der Waals surface area contributed by atoms with Gasteiger partial charge in [0.25, 0.3) is 5.78 Å². The maximum absolute atomic E-state index is 13.3. The molecule has 0 aliphatic carbocycles. The van der Waals surface area contributed by atoms with Crippen molar-refractivity contribution in [2.75, 3.05) is 4.90 Å². The molecule has 1 fully saturated rings. The van der Waals surface area contributed by atoms with Crippen molar-refractivity contribution >= 4 is 34.0 Å². The van der Waals surface area contributed by atoms with Gasteiger partial charge in [-0.2, -0.15) is 0 Å². The van der Waals surface area contributed by atoms with Gasteiger partial charge in [-0.25, -0.2) is 0 Å². The highest BCUT2D eigenvalue weighted by atomic mass is 16.5. The second-order valence-electron chi connectivity index (χ2n) is 8.85. The third kappa shape index (κ3) is 3.57. The molecule has 1 amide bonds. The molecule has 6 heteroatoms. The molecule has 1 atom stereocenters. The Morgan fingerprint density at radius 1 is 0.971 bits per heavy atom. The van der Waals surface area contributed by atoms with Crippen LogP contribution in [0.4, 0.5) is 5.82 Å². The summed E-state index contributed by atoms with van der Waals surface area (Å²) in [6, 6.07) is 21.7. The second kappa shape index (κ2) is 8.30. The minimum absolute atomic E-state index is 0.0261. The molecule has 0 bridgehead atoms. The molecule has 4 aromatic rings. The van der Waals surface area contributed by atoms with E-state index >= 15 is 0 Å². The van der Waals surface area contributed by atoms with E-state index in [2.05, 4.69) is 19.0 Å². The average molecular weight is 453 g/mol. The van der Waals surface area contributed by atoms with Crippen molar-refractivity contribution in [3.8, 4) is 0 Å². The van der Waals surface area contributed by atoms with Crippen molar-refractivity contribution in [3.63, 3.8) is 0 Å². The largest absolute Gasteiger partial charge is 0.507 e. The summed E-state index contributed by atoms with van der Waals surface area (Å²) < 4.78 is 5.19. The molecule has 34 heavy (non-hydrogen) atoms. The minimum atomic E-state index is -0.836. The third-order valence-electron chi connectivity index (χ3n) is 6.25. The van der Waals surface area contributed by atoms with Crippen LogP contribution in [0.3, 0.4) is 0 Å². The molecule has 170 valence electrons. The number of carbonyl (C=O) groups is 2. The van der Waals surface area contributed by atoms with Gasteiger partial charge in [0.1, 0.15) is 11.5 Å². The fourth-order valence-corrected chi connectivity index (χ4v) is 4.41. The highest BCUT2D eigenvalue weighted by molar-refractivity contribution is 6.51. The number of anilines is 1. The van der Waals surface area contributed by atoms with Gasteiger partial charge in [-0.3, -0.25) is 14.5 Å². The SMILES string of the molecule is Cc1cc(N2C(=O)C(=O)C(=C(O)c3ccc4ccccc4c3)C2c2ccc(C(C)C)cc2)no1. The standard InChI is InChI=1S/C28H24N2O4/c1-16(2)18-8-11-20(12-9-18)25-24(27(32)28(33)30(25)23-14-17(3)34-29-23)26(31)22-13-10-19-6-4-5-7-21(19)15-22/h4-16,25,31H,1-3H3. The Morgan fingerprint density at radius 2 is 1.68 bits per heavy atom. The van der Waals surface area contributed by atoms with Crippen LogP contribution in [-0.4, -0.2) is 22.0 Å². The summed E-state index contributed by atoms with van der Waals surface area (Å²) in [7, 11) is 0. The predicted octanol–water partition coefficient (Wildman–Crippen LogP) is 5.89. The van der Waals surface area contributed by atoms with E-state index in [1.807, 2.05) is 60.7 Å². The number of ketones is 1. The van der Waals surface area contributed by atoms with E-state index in [1.54, 1.807) is 19.1 Å². The van der Waals surface area contributed by atoms with E-state index in [-0.39, 0.29) is 17.2 Å². The maximum atomic E-state index is 13.3. The van der Waals surface area contributed by atoms with E-state index in [0.717, 1.165) is 16.3 Å². The van der Waals surface area contributed by atoms with Crippen molar-refractivity contribution in [3.05, 3.63) is 101 Å². The third-order valence-corrected chi connectivity index (χ3v) is 6.25. The highest BCUT2D eigenvalue weighted by Crippen LogP contribution is 2.42. The fourth-order valence-electron chi connectivity index (χ4n) is 4.41. The summed E-state index contributed by atoms with van der Waals surface area (Å²) in [6.45, 7) is 5.91. The van der Waals surface area contributed by atoms with Gasteiger partial charge in [-0.05, 0) is 40.8 Å². The van der Waals surface area contributed by atoms with E-state index in [9.17, 15) is 14.7 Å². The number of aliphatic hydroxyl groups excluding tert-OH is 1. The van der Waals surface area contributed by atoms with Crippen LogP contribution in [0, 0.1) is 6.92 Å². The van der Waals surface area contributed by atoms with Gasteiger partial charge < -0.3 is 9.63 Å². The van der Waals surface area contributed by atoms with E-state index in [1.165, 1.54) is 4.90 Å². The smallest absolute Gasteiger partial charge is 0.301 e. The molecule has 0 spiro atoms. The Labute approximate surface area is 197 Å². The van der Waals surface area contributed by atoms with Crippen LogP contribution in [0.25, 0.3) is 16.5 Å². The lowest BCUT2D eigenvalue weighted by atomic mass is 9.93. The topological polar surface area (TPSA) is 83.6 Å². The molecule has 3 aromatic carbocycles. The molecule has 1 aliphatic heterocycles. The number of fused-ring (bicyclic) bond motifs is 1. The summed E-state index contributed by atoms with van der Waals surface area (Å²) in [5.41, 5.74) is 2.33. The van der Waals surface area contributed by atoms with E-state index < -0.39 is 17.7 Å². The quantitative estimate of drug-likeness (QED) is 0.237. The number of aryl methyl sites for hydroxylation is 1. The molecule has 2 heterocycles. The lowest BCUT2D eigenvalue weighted by molar-refractivity contribution is -0.132. The number of hydrogen-bond donors (Lipinski definition) is 1. The molecule has 1 saturated heterocycles. The number of rotatable bonds is 4. The minimum Gasteiger partial charge on any atom is -0.507 e. The zero-order valence-electron chi connectivity index (χ0n) is 19.1. The van der Waals surface area contributed by atoms with Crippen molar-refractivity contribution in [2.45, 2.75) is 32.7 Å². The van der Waals surface area contributed by atoms with Crippen molar-refractivity contribution < 1.29 is 19.2 Å². The number of nitrogens with zero attached hydrogens (tertiary/aromatic N) is 2. The normalized spacial score (nSPS) is 17.8. The molecule has 0 saturated carbocycles. The number of hydrogen-bond acceptors (Lipinski definition) is 5. The Hall–Kier alpha value is -4.19. The van der Waals surface area contributed by atoms with Crippen LogP contribution >= 0.6 is 0 Å². The summed E-state index contributed by atoms with van der Waals surface area (Å²) in [5, 5.41) is 17.3. The molecule has 6 nitrogen and oxygen atoms in total. The average Bonchev–Trinajstić information content (AvgIpc) is 3.38. The lowest BCUT2D eigenvalue weighted by Crippen LogP contribution is -2.29. The van der Waals surface area contributed by atoms with Crippen LogP contribution in [0.2, 0.25) is 0 Å². The lowest BCUT2D eigenvalue weighted by Gasteiger charge is -2.23. The molecular weight excluding hydrogens is 428 g/mol. The van der Waals surface area contributed by atoms with E-state index in [4.69, 9.17) is 4.52 Å². The Kier molecular flexibility index (Phi) is 5.28. The first-order valence-electron chi connectivity index (χ1n) is 11.2. The van der Waals surface area contributed by atoms with Crippen LogP contribution in [0.5, 0.6) is 0 Å². The van der Waals surface area contributed by atoms with Gasteiger partial charge in [0, 0.05) is 11.6 Å². The Morgan fingerprint density at radius 3 is 2.32 bits per heavy atom. The first-order chi connectivity index (χ1) is 16.3. The summed E-state index contributed by atoms with van der Waals surface area (Å²) in [5.74, 6) is -0.658. The molecule has 1 N–H and O–H groups in total. The van der Waals surface area contributed by atoms with Crippen LogP contribution in [-0.2, 0) is 9.59 Å². The zero-order chi connectivity index (χ0) is 24.0. The number of amides is 1. The fraction of sp³-hybridized carbons (Fsp3) is 0.179. The number of carbonyl (C=O) groups excluding carboxylic acids is 2. The summed E-state index contributed by atoms with van der Waals surface area (Å²) >= 11 is 0. The molecule has 5 rings (SSSR count). The molecule has 0 radical (unpaired) electrons. The van der Waals surface area contributed by atoms with Gasteiger partial charge in [0.15, 0.2) is 5.82 Å². The zero-order valence-corrected chi connectivity index (χ0v) is 19.1. The molecular formula is C28H24N2O4. The van der Waals surface area contributed by atoms with Crippen LogP contribution < -0.4 is 4.90 Å². The first kappa shape index (κ1) is 21.6. The number of aromatic nitrogens is 1. The van der Waals surface area contributed by atoms with Gasteiger partial charge >= 0.3 is 5.91 Å². The maximum Gasteiger partial charge on any atom is 0.301 e. The van der Waals surface area contributed by atoms with Crippen molar-refractivity contribution in [2.24, 2.45) is 0 Å². The second-order valence-corrected chi connectivity index (χ2v) is 8.85. The molecule has 1 aliphatic rings. The first-order valence-corrected chi connectivity index (χ1v) is 11.2. The van der Waals surface area contributed by atoms with Gasteiger partial charge in [-0.15, -0.1) is 0 Å². The van der Waals surface area contributed by atoms with Gasteiger partial charge in [-0.1, -0.05) is 79.7 Å². The number of Topliss-reactive ketones (excluding diaryl/α,β-unsaturated/α-hetero) is 1. The van der Waals surface area contributed by atoms with Crippen LogP contribution in [0.15, 0.2) is 82.9 Å². The Balaban J connectivity index is 1.70. The molecule has 1 aromatic heterocycles. The summed E-state index contributed by atoms with van der Waals surface area (Å²) in [6.07, 6.45) is 0. The van der Waals surface area contributed by atoms with Crippen LogP contribution in [0.1, 0.15) is 48.3 Å².